The molecule has 3 unspecified atom stereocenters. The van der Waals surface area contributed by atoms with Crippen molar-refractivity contribution in [2.75, 3.05) is 30.8 Å². The molecule has 1 saturated heterocycles. The predicted molar refractivity (Wildman–Crippen MR) is 122 cm³/mol. The lowest BCUT2D eigenvalue weighted by Gasteiger charge is -2.49. The minimum atomic E-state index is -1.37. The van der Waals surface area contributed by atoms with Gasteiger partial charge in [-0.15, -0.1) is 0 Å². The molecule has 2 aromatic rings. The van der Waals surface area contributed by atoms with Crippen LogP contribution in [0.5, 0.6) is 5.75 Å². The van der Waals surface area contributed by atoms with Crippen LogP contribution in [0.3, 0.4) is 0 Å². The zero-order valence-electron chi connectivity index (χ0n) is 18.9. The van der Waals surface area contributed by atoms with Crippen LogP contribution in [0.2, 0.25) is 0 Å². The van der Waals surface area contributed by atoms with Gasteiger partial charge in [0.1, 0.15) is 11.3 Å². The van der Waals surface area contributed by atoms with Gasteiger partial charge in [0.15, 0.2) is 11.6 Å². The van der Waals surface area contributed by atoms with Crippen LogP contribution >= 0.6 is 0 Å². The van der Waals surface area contributed by atoms with Gasteiger partial charge < -0.3 is 30.8 Å². The number of aromatic carboxylic acids is 1. The molecule has 1 aromatic heterocycles. The van der Waals surface area contributed by atoms with Crippen molar-refractivity contribution in [3.8, 4) is 5.75 Å². The van der Waals surface area contributed by atoms with E-state index in [1.807, 2.05) is 11.8 Å². The first-order valence-electron chi connectivity index (χ1n) is 11.0. The van der Waals surface area contributed by atoms with Crippen molar-refractivity contribution in [1.82, 2.24) is 4.57 Å². The second-order valence-corrected chi connectivity index (χ2v) is 9.54. The summed E-state index contributed by atoms with van der Waals surface area (Å²) in [6.45, 7) is 7.22. The Labute approximate surface area is 185 Å². The van der Waals surface area contributed by atoms with Gasteiger partial charge in [-0.1, -0.05) is 20.8 Å². The van der Waals surface area contributed by atoms with Crippen LogP contribution in [-0.4, -0.2) is 41.9 Å². The molecule has 2 heterocycles. The fraction of sp³-hybridized carbons (Fsp3) is 0.565. The lowest BCUT2D eigenvalue weighted by atomic mass is 9.71. The molecule has 0 radical (unpaired) electrons. The topological polar surface area (TPSA) is 124 Å². The number of anilines is 2. The fourth-order valence-electron chi connectivity index (χ4n) is 5.10. The molecule has 2 fully saturated rings. The summed E-state index contributed by atoms with van der Waals surface area (Å²) in [5.41, 5.74) is 11.4. The first-order valence-corrected chi connectivity index (χ1v) is 11.0. The average Bonchev–Trinajstić information content (AvgIpc) is 3.59. The maximum absolute atomic E-state index is 15.8. The molecule has 1 aromatic carbocycles. The first kappa shape index (κ1) is 22.4. The molecular formula is C23H31FN4O4. The van der Waals surface area contributed by atoms with Gasteiger partial charge in [-0.05, 0) is 25.2 Å². The highest BCUT2D eigenvalue weighted by molar-refractivity contribution is 6.03. The summed E-state index contributed by atoms with van der Waals surface area (Å²) in [7, 11) is 1.43. The van der Waals surface area contributed by atoms with E-state index in [9.17, 15) is 14.7 Å². The van der Waals surface area contributed by atoms with E-state index in [1.165, 1.54) is 13.3 Å². The number of rotatable bonds is 5. The Bertz CT molecular complexity index is 1160. The maximum Gasteiger partial charge on any atom is 0.341 e. The Hall–Kier alpha value is -2.81. The van der Waals surface area contributed by atoms with E-state index in [2.05, 4.69) is 13.8 Å². The van der Waals surface area contributed by atoms with Crippen LogP contribution in [0.1, 0.15) is 56.4 Å². The van der Waals surface area contributed by atoms with Crippen molar-refractivity contribution < 1.29 is 19.0 Å². The standard InChI is InChI=1S/C23H31FN4O4/c1-5-23(3)10-27(8-11(2)21(23)26)18-15(24)16(25)14-17(20(18)32-4)28(12-6-7-12)9-13(19(14)29)22(30)31/h9,11-12,21H,5-8,10,25-26H2,1-4H3,(H,30,31). The summed E-state index contributed by atoms with van der Waals surface area (Å²) in [6, 6.07) is -0.0317. The summed E-state index contributed by atoms with van der Waals surface area (Å²) in [4.78, 5) is 26.6. The SMILES string of the molecule is CCC1(C)CN(c2c(F)c(N)c3c(=O)c(C(=O)O)cn(C4CC4)c3c2OC)CC(C)C1N. The van der Waals surface area contributed by atoms with Crippen LogP contribution in [0, 0.1) is 17.2 Å². The largest absolute Gasteiger partial charge is 0.492 e. The molecule has 2 aliphatic rings. The van der Waals surface area contributed by atoms with Gasteiger partial charge >= 0.3 is 5.97 Å². The van der Waals surface area contributed by atoms with Gasteiger partial charge in [0.2, 0.25) is 5.43 Å². The van der Waals surface area contributed by atoms with Crippen molar-refractivity contribution >= 4 is 28.2 Å². The summed E-state index contributed by atoms with van der Waals surface area (Å²) >= 11 is 0. The first-order chi connectivity index (χ1) is 15.1. The molecule has 3 atom stereocenters. The number of benzene rings is 1. The van der Waals surface area contributed by atoms with E-state index < -0.39 is 22.8 Å². The quantitative estimate of drug-likeness (QED) is 0.603. The Kier molecular flexibility index (Phi) is 5.35. The molecule has 32 heavy (non-hydrogen) atoms. The van der Waals surface area contributed by atoms with Gasteiger partial charge in [-0.25, -0.2) is 9.18 Å². The van der Waals surface area contributed by atoms with E-state index in [4.69, 9.17) is 16.2 Å². The number of nitrogens with two attached hydrogens (primary N) is 2. The zero-order chi connectivity index (χ0) is 23.5. The van der Waals surface area contributed by atoms with Crippen molar-refractivity contribution in [3.63, 3.8) is 0 Å². The number of aromatic nitrogens is 1. The number of piperidine rings is 1. The van der Waals surface area contributed by atoms with E-state index in [0.717, 1.165) is 19.3 Å². The van der Waals surface area contributed by atoms with Crippen molar-refractivity contribution in [2.24, 2.45) is 17.1 Å². The molecule has 174 valence electrons. The van der Waals surface area contributed by atoms with Gasteiger partial charge in [-0.3, -0.25) is 4.79 Å². The van der Waals surface area contributed by atoms with Gasteiger partial charge in [0, 0.05) is 36.8 Å². The van der Waals surface area contributed by atoms with Crippen LogP contribution in [0.4, 0.5) is 15.8 Å². The molecule has 9 heteroatoms. The number of carbonyl (C=O) groups is 1. The molecular weight excluding hydrogens is 415 g/mol. The highest BCUT2D eigenvalue weighted by Crippen LogP contribution is 2.48. The second-order valence-electron chi connectivity index (χ2n) is 9.54. The number of hydrogen-bond acceptors (Lipinski definition) is 6. The monoisotopic (exact) mass is 446 g/mol. The lowest BCUT2D eigenvalue weighted by molar-refractivity contribution is 0.0695. The lowest BCUT2D eigenvalue weighted by Crippen LogP contribution is -2.58. The number of carboxylic acids is 1. The third-order valence-corrected chi connectivity index (χ3v) is 7.36. The van der Waals surface area contributed by atoms with Gasteiger partial charge in [-0.2, -0.15) is 0 Å². The molecule has 0 spiro atoms. The van der Waals surface area contributed by atoms with Crippen molar-refractivity contribution in [3.05, 3.63) is 27.8 Å². The Morgan fingerprint density at radius 2 is 2.06 bits per heavy atom. The third kappa shape index (κ3) is 3.21. The number of hydrogen-bond donors (Lipinski definition) is 3. The summed E-state index contributed by atoms with van der Waals surface area (Å²) < 4.78 is 23.3. The number of halogens is 1. The molecule has 0 bridgehead atoms. The van der Waals surface area contributed by atoms with Crippen molar-refractivity contribution in [1.29, 1.82) is 0 Å². The number of nitrogens with zero attached hydrogens (tertiary/aromatic N) is 2. The minimum absolute atomic E-state index is 0.0115. The normalized spacial score (nSPS) is 25.9. The highest BCUT2D eigenvalue weighted by Gasteiger charge is 2.42. The van der Waals surface area contributed by atoms with Crippen LogP contribution < -0.4 is 26.5 Å². The predicted octanol–water partition coefficient (Wildman–Crippen LogP) is 2.96. The maximum atomic E-state index is 15.8. The summed E-state index contributed by atoms with van der Waals surface area (Å²) in [6.07, 6.45) is 3.81. The molecule has 1 aliphatic heterocycles. The summed E-state index contributed by atoms with van der Waals surface area (Å²) in [5.74, 6) is -1.84. The Morgan fingerprint density at radius 1 is 1.41 bits per heavy atom. The van der Waals surface area contributed by atoms with Crippen LogP contribution in [0.15, 0.2) is 11.0 Å². The second kappa shape index (κ2) is 7.65. The molecule has 5 N–H and O–H groups in total. The number of nitrogen functional groups attached to an aromatic ring is 1. The number of ether oxygens (including phenoxy) is 1. The Balaban J connectivity index is 2.05. The zero-order valence-corrected chi connectivity index (χ0v) is 18.9. The van der Waals surface area contributed by atoms with E-state index in [0.29, 0.717) is 18.6 Å². The van der Waals surface area contributed by atoms with E-state index >= 15 is 4.39 Å². The van der Waals surface area contributed by atoms with Gasteiger partial charge in [0.25, 0.3) is 0 Å². The molecule has 4 rings (SSSR count). The Morgan fingerprint density at radius 3 is 2.59 bits per heavy atom. The summed E-state index contributed by atoms with van der Waals surface area (Å²) in [5, 5.41) is 9.39. The smallest absolute Gasteiger partial charge is 0.341 e. The minimum Gasteiger partial charge on any atom is -0.492 e. The number of methoxy groups -OCH3 is 1. The van der Waals surface area contributed by atoms with Gasteiger partial charge in [0.05, 0.1) is 23.7 Å². The molecule has 1 saturated carbocycles. The van der Waals surface area contributed by atoms with E-state index in [-0.39, 0.29) is 45.9 Å². The average molecular weight is 447 g/mol. The number of fused-ring (bicyclic) bond motifs is 1. The molecule has 0 amide bonds. The van der Waals surface area contributed by atoms with Crippen LogP contribution in [0.25, 0.3) is 10.9 Å². The number of carboxylic acid groups (broad SMARTS) is 1. The molecule has 8 nitrogen and oxygen atoms in total. The van der Waals surface area contributed by atoms with E-state index in [1.54, 1.807) is 4.57 Å². The molecule has 1 aliphatic carbocycles. The fourth-order valence-corrected chi connectivity index (χ4v) is 5.10. The third-order valence-electron chi connectivity index (χ3n) is 7.36. The number of pyridine rings is 1. The van der Waals surface area contributed by atoms with Crippen molar-refractivity contribution in [2.45, 2.75) is 52.1 Å². The van der Waals surface area contributed by atoms with Crippen LogP contribution in [-0.2, 0) is 0 Å². The highest BCUT2D eigenvalue weighted by atomic mass is 19.1.